The second-order valence-electron chi connectivity index (χ2n) is 4.73. The van der Waals surface area contributed by atoms with Gasteiger partial charge in [0.2, 0.25) is 5.91 Å². The van der Waals surface area contributed by atoms with Gasteiger partial charge in [0.25, 0.3) is 0 Å². The number of hydrogen-bond donors (Lipinski definition) is 2. The second kappa shape index (κ2) is 7.40. The van der Waals surface area contributed by atoms with E-state index < -0.39 is 0 Å². The minimum absolute atomic E-state index is 0.0753. The largest absolute Gasteiger partial charge is 0.341 e. The van der Waals surface area contributed by atoms with Crippen molar-refractivity contribution in [2.24, 2.45) is 7.05 Å². The molecule has 1 aromatic heterocycles. The predicted octanol–water partition coefficient (Wildman–Crippen LogP) is 1.40. The van der Waals surface area contributed by atoms with Gasteiger partial charge >= 0.3 is 0 Å². The van der Waals surface area contributed by atoms with E-state index >= 15 is 0 Å². The van der Waals surface area contributed by atoms with Gasteiger partial charge in [0.15, 0.2) is 0 Å². The SMILES string of the molecule is C=CCNCC(=O)NC(c1ccccc1)c1nccn1C. The van der Waals surface area contributed by atoms with Gasteiger partial charge in [-0.05, 0) is 5.56 Å². The Morgan fingerprint density at radius 2 is 2.19 bits per heavy atom. The van der Waals surface area contributed by atoms with E-state index in [2.05, 4.69) is 22.2 Å². The summed E-state index contributed by atoms with van der Waals surface area (Å²) < 4.78 is 1.91. The summed E-state index contributed by atoms with van der Waals surface area (Å²) >= 11 is 0. The van der Waals surface area contributed by atoms with E-state index in [4.69, 9.17) is 0 Å². The Morgan fingerprint density at radius 3 is 2.81 bits per heavy atom. The van der Waals surface area contributed by atoms with Gasteiger partial charge in [0.1, 0.15) is 11.9 Å². The van der Waals surface area contributed by atoms with Gasteiger partial charge in [-0.25, -0.2) is 4.98 Å². The van der Waals surface area contributed by atoms with Crippen molar-refractivity contribution < 1.29 is 4.79 Å². The van der Waals surface area contributed by atoms with Crippen molar-refractivity contribution in [3.63, 3.8) is 0 Å². The summed E-state index contributed by atoms with van der Waals surface area (Å²) in [7, 11) is 1.92. The molecule has 2 N–H and O–H groups in total. The van der Waals surface area contributed by atoms with Crippen LogP contribution >= 0.6 is 0 Å². The van der Waals surface area contributed by atoms with Crippen molar-refractivity contribution in [1.82, 2.24) is 20.2 Å². The first-order chi connectivity index (χ1) is 10.2. The van der Waals surface area contributed by atoms with Crippen LogP contribution in [0.4, 0.5) is 0 Å². The number of benzene rings is 1. The molecular formula is C16H20N4O. The lowest BCUT2D eigenvalue weighted by molar-refractivity contribution is -0.120. The first kappa shape index (κ1) is 15.0. The molecule has 1 heterocycles. The molecule has 0 aliphatic carbocycles. The molecule has 0 saturated heterocycles. The number of amides is 1. The number of nitrogens with one attached hydrogen (secondary N) is 2. The Hall–Kier alpha value is -2.40. The fraction of sp³-hybridized carbons (Fsp3) is 0.250. The van der Waals surface area contributed by atoms with E-state index in [9.17, 15) is 4.79 Å². The fourth-order valence-corrected chi connectivity index (χ4v) is 2.10. The number of rotatable bonds is 7. The lowest BCUT2D eigenvalue weighted by atomic mass is 10.1. The molecule has 0 radical (unpaired) electrons. The van der Waals surface area contributed by atoms with Gasteiger partial charge in [-0.1, -0.05) is 36.4 Å². The molecule has 0 spiro atoms. The molecular weight excluding hydrogens is 264 g/mol. The highest BCUT2D eigenvalue weighted by molar-refractivity contribution is 5.78. The Labute approximate surface area is 124 Å². The number of aromatic nitrogens is 2. The second-order valence-corrected chi connectivity index (χ2v) is 4.73. The molecule has 5 nitrogen and oxygen atoms in total. The monoisotopic (exact) mass is 284 g/mol. The van der Waals surface area contributed by atoms with Gasteiger partial charge in [-0.15, -0.1) is 6.58 Å². The summed E-state index contributed by atoms with van der Waals surface area (Å²) in [5.74, 6) is 0.729. The maximum Gasteiger partial charge on any atom is 0.234 e. The molecule has 110 valence electrons. The van der Waals surface area contributed by atoms with Crippen LogP contribution in [0.3, 0.4) is 0 Å². The van der Waals surface area contributed by atoms with E-state index in [0.717, 1.165) is 11.4 Å². The van der Waals surface area contributed by atoms with Gasteiger partial charge < -0.3 is 15.2 Å². The van der Waals surface area contributed by atoms with Crippen molar-refractivity contribution in [3.05, 3.63) is 66.8 Å². The third-order valence-corrected chi connectivity index (χ3v) is 3.13. The highest BCUT2D eigenvalue weighted by Gasteiger charge is 2.20. The van der Waals surface area contributed by atoms with Crippen molar-refractivity contribution in [3.8, 4) is 0 Å². The molecule has 2 aromatic rings. The Kier molecular flexibility index (Phi) is 5.29. The average Bonchev–Trinajstić information content (AvgIpc) is 2.92. The Morgan fingerprint density at radius 1 is 1.43 bits per heavy atom. The number of carbonyl (C=O) groups is 1. The van der Waals surface area contributed by atoms with Crippen molar-refractivity contribution in [1.29, 1.82) is 0 Å². The first-order valence-electron chi connectivity index (χ1n) is 6.85. The number of hydrogen-bond acceptors (Lipinski definition) is 3. The van der Waals surface area contributed by atoms with Crippen LogP contribution in [0.15, 0.2) is 55.4 Å². The van der Waals surface area contributed by atoms with Crippen molar-refractivity contribution in [2.75, 3.05) is 13.1 Å². The molecule has 0 aliphatic rings. The number of carbonyl (C=O) groups excluding carboxylic acids is 1. The first-order valence-corrected chi connectivity index (χ1v) is 6.85. The quantitative estimate of drug-likeness (QED) is 0.597. The molecule has 0 saturated carbocycles. The average molecular weight is 284 g/mol. The molecule has 1 atom stereocenters. The zero-order valence-corrected chi connectivity index (χ0v) is 12.1. The van der Waals surface area contributed by atoms with Crippen molar-refractivity contribution in [2.45, 2.75) is 6.04 Å². The standard InChI is InChI=1S/C16H20N4O/c1-3-9-17-12-14(21)19-15(13-7-5-4-6-8-13)16-18-10-11-20(16)2/h3-8,10-11,15,17H,1,9,12H2,2H3,(H,19,21). The number of imidazole rings is 1. The van der Waals surface area contributed by atoms with Gasteiger partial charge in [0.05, 0.1) is 6.54 Å². The summed E-state index contributed by atoms with van der Waals surface area (Å²) in [5.41, 5.74) is 1.00. The molecule has 1 amide bonds. The maximum atomic E-state index is 12.1. The van der Waals surface area contributed by atoms with Crippen LogP contribution in [-0.4, -0.2) is 28.5 Å². The zero-order valence-electron chi connectivity index (χ0n) is 12.1. The van der Waals surface area contributed by atoms with Crippen LogP contribution in [0.5, 0.6) is 0 Å². The fourth-order valence-electron chi connectivity index (χ4n) is 2.10. The lowest BCUT2D eigenvalue weighted by Crippen LogP contribution is -2.37. The third-order valence-electron chi connectivity index (χ3n) is 3.13. The summed E-state index contributed by atoms with van der Waals surface area (Å²) in [6, 6.07) is 9.56. The van der Waals surface area contributed by atoms with E-state index in [1.807, 2.05) is 48.1 Å². The number of nitrogens with zero attached hydrogens (tertiary/aromatic N) is 2. The zero-order chi connectivity index (χ0) is 15.1. The lowest BCUT2D eigenvalue weighted by Gasteiger charge is -2.19. The maximum absolute atomic E-state index is 12.1. The highest BCUT2D eigenvalue weighted by Crippen LogP contribution is 2.19. The normalized spacial score (nSPS) is 11.9. The van der Waals surface area contributed by atoms with Gasteiger partial charge in [-0.3, -0.25) is 4.79 Å². The molecule has 1 unspecified atom stereocenters. The Bertz CT molecular complexity index is 591. The minimum atomic E-state index is -0.260. The molecule has 0 bridgehead atoms. The summed E-state index contributed by atoms with van der Waals surface area (Å²) in [6.07, 6.45) is 5.32. The van der Waals surface area contributed by atoms with E-state index in [1.165, 1.54) is 0 Å². The van der Waals surface area contributed by atoms with Gasteiger partial charge in [0, 0.05) is 26.0 Å². The van der Waals surface area contributed by atoms with Crippen molar-refractivity contribution >= 4 is 5.91 Å². The predicted molar refractivity (Wildman–Crippen MR) is 82.7 cm³/mol. The molecule has 2 rings (SSSR count). The van der Waals surface area contributed by atoms with Crippen LogP contribution in [0.1, 0.15) is 17.4 Å². The smallest absolute Gasteiger partial charge is 0.234 e. The van der Waals surface area contributed by atoms with Crippen LogP contribution in [0.25, 0.3) is 0 Å². The van der Waals surface area contributed by atoms with E-state index in [0.29, 0.717) is 6.54 Å². The summed E-state index contributed by atoms with van der Waals surface area (Å²) in [6.45, 7) is 4.46. The molecule has 0 fully saturated rings. The summed E-state index contributed by atoms with van der Waals surface area (Å²) in [5, 5.41) is 6.01. The topological polar surface area (TPSA) is 59.0 Å². The van der Waals surface area contributed by atoms with Crippen LogP contribution in [0, 0.1) is 0 Å². The number of aryl methyl sites for hydroxylation is 1. The van der Waals surface area contributed by atoms with Gasteiger partial charge in [-0.2, -0.15) is 0 Å². The summed E-state index contributed by atoms with van der Waals surface area (Å²) in [4.78, 5) is 16.4. The molecule has 1 aromatic carbocycles. The molecule has 21 heavy (non-hydrogen) atoms. The van der Waals surface area contributed by atoms with Crippen LogP contribution in [0.2, 0.25) is 0 Å². The molecule has 5 heteroatoms. The Balaban J connectivity index is 2.16. The highest BCUT2D eigenvalue weighted by atomic mass is 16.2. The van der Waals surface area contributed by atoms with E-state index in [1.54, 1.807) is 12.3 Å². The van der Waals surface area contributed by atoms with Crippen LogP contribution in [-0.2, 0) is 11.8 Å². The molecule has 0 aliphatic heterocycles. The van der Waals surface area contributed by atoms with E-state index in [-0.39, 0.29) is 18.5 Å². The van der Waals surface area contributed by atoms with Crippen LogP contribution < -0.4 is 10.6 Å². The third kappa shape index (κ3) is 4.03. The minimum Gasteiger partial charge on any atom is -0.341 e.